The van der Waals surface area contributed by atoms with Crippen molar-refractivity contribution in [3.05, 3.63) is 144 Å². The van der Waals surface area contributed by atoms with Gasteiger partial charge in [-0.3, -0.25) is 19.2 Å². The minimum Gasteiger partial charge on any atom is -0.456 e. The largest absolute Gasteiger partial charge is 0.456 e. The molecule has 4 N–H and O–H groups in total. The lowest BCUT2D eigenvalue weighted by Gasteiger charge is -2.40. The van der Waals surface area contributed by atoms with Gasteiger partial charge in [-0.25, -0.2) is 0 Å². The molecule has 0 bridgehead atoms. The van der Waals surface area contributed by atoms with Crippen molar-refractivity contribution in [2.24, 2.45) is 0 Å². The summed E-state index contributed by atoms with van der Waals surface area (Å²) in [5, 5.41) is 3.36. The van der Waals surface area contributed by atoms with Crippen LogP contribution in [-0.2, 0) is 68.5 Å². The lowest BCUT2D eigenvalue weighted by Crippen LogP contribution is -2.59. The van der Waals surface area contributed by atoms with Crippen LogP contribution >= 0.6 is 0 Å². The molecule has 5 heterocycles. The van der Waals surface area contributed by atoms with Gasteiger partial charge in [-0.05, 0) is 46.5 Å². The Morgan fingerprint density at radius 1 is 0.448 bits per heavy atom. The molecule has 0 aliphatic carbocycles. The first-order valence-electron chi connectivity index (χ1n) is 19.0. The second kappa shape index (κ2) is 15.8. The van der Waals surface area contributed by atoms with Crippen molar-refractivity contribution < 1.29 is 42.9 Å². The number of benzene rings is 4. The van der Waals surface area contributed by atoms with Gasteiger partial charge in [-0.1, -0.05) is 72.8 Å². The number of aromatic amines is 4. The summed E-state index contributed by atoms with van der Waals surface area (Å²) in [6.07, 6.45) is 0.656. The van der Waals surface area contributed by atoms with Crippen LogP contribution in [0, 0.1) is 0 Å². The number of carbonyl (C=O) groups excluding carboxylic acids is 4. The molecule has 0 amide bonds. The highest BCUT2D eigenvalue weighted by Gasteiger charge is 2.49. The molecular formula is C45H38N4O9. The number of para-hydroxylation sites is 4. The number of carbonyl (C=O) groups is 4. The van der Waals surface area contributed by atoms with Crippen LogP contribution in [0.5, 0.6) is 0 Å². The number of fused-ring (bicyclic) bond motifs is 4. The van der Waals surface area contributed by atoms with Crippen molar-refractivity contribution in [1.82, 2.24) is 19.9 Å². The minimum absolute atomic E-state index is 0.107. The van der Waals surface area contributed by atoms with Gasteiger partial charge >= 0.3 is 23.9 Å². The second-order valence-electron chi connectivity index (χ2n) is 14.3. The van der Waals surface area contributed by atoms with E-state index in [1.54, 1.807) is 24.8 Å². The van der Waals surface area contributed by atoms with Crippen molar-refractivity contribution in [2.75, 3.05) is 6.61 Å². The van der Waals surface area contributed by atoms with Crippen molar-refractivity contribution in [3.63, 3.8) is 0 Å². The fourth-order valence-corrected chi connectivity index (χ4v) is 7.72. The van der Waals surface area contributed by atoms with Gasteiger partial charge in [0.25, 0.3) is 0 Å². The molecule has 0 unspecified atom stereocenters. The van der Waals surface area contributed by atoms with Crippen LogP contribution in [0.1, 0.15) is 22.3 Å². The van der Waals surface area contributed by atoms with Gasteiger partial charge in [0.15, 0.2) is 12.2 Å². The first-order valence-corrected chi connectivity index (χ1v) is 19.0. The lowest BCUT2D eigenvalue weighted by molar-refractivity contribution is -0.275. The Kier molecular flexibility index (Phi) is 9.94. The van der Waals surface area contributed by atoms with E-state index in [1.807, 2.05) is 97.1 Å². The SMILES string of the molecule is O=C(Cc1c[nH]c2ccccc12)O[C@H]1OC[C@H](OC(=O)Cc2c[nH]c3ccccc23)[C@H](OC(=O)Cc2c[nH]c3ccccc23)[C@H]1OC(=O)Cc1c[nH]c2ccccc12. The Bertz CT molecular complexity index is 2600. The maximum absolute atomic E-state index is 13.9. The predicted octanol–water partition coefficient (Wildman–Crippen LogP) is 6.52. The van der Waals surface area contributed by atoms with Gasteiger partial charge < -0.3 is 43.6 Å². The average Bonchev–Trinajstić information content (AvgIpc) is 4.03. The predicted molar refractivity (Wildman–Crippen MR) is 213 cm³/mol. The van der Waals surface area contributed by atoms with E-state index in [0.717, 1.165) is 43.6 Å². The van der Waals surface area contributed by atoms with Crippen LogP contribution in [0.4, 0.5) is 0 Å². The molecule has 1 saturated heterocycles. The van der Waals surface area contributed by atoms with E-state index in [-0.39, 0.29) is 32.3 Å². The van der Waals surface area contributed by atoms with Crippen LogP contribution in [0.3, 0.4) is 0 Å². The monoisotopic (exact) mass is 778 g/mol. The first kappa shape index (κ1) is 36.5. The molecule has 8 aromatic rings. The maximum atomic E-state index is 13.9. The van der Waals surface area contributed by atoms with E-state index in [4.69, 9.17) is 23.7 Å². The van der Waals surface area contributed by atoms with Gasteiger partial charge in [0.1, 0.15) is 0 Å². The molecule has 1 fully saturated rings. The van der Waals surface area contributed by atoms with Gasteiger partial charge in [0.2, 0.25) is 12.4 Å². The fraction of sp³-hybridized carbons (Fsp3) is 0.200. The zero-order valence-corrected chi connectivity index (χ0v) is 31.1. The first-order chi connectivity index (χ1) is 28.4. The number of nitrogens with one attached hydrogen (secondary N) is 4. The highest BCUT2D eigenvalue weighted by Crippen LogP contribution is 2.29. The number of H-pyrrole nitrogens is 4. The quantitative estimate of drug-likeness (QED) is 0.0795. The van der Waals surface area contributed by atoms with E-state index in [0.29, 0.717) is 22.3 Å². The molecular weight excluding hydrogens is 741 g/mol. The van der Waals surface area contributed by atoms with Crippen LogP contribution in [-0.4, -0.2) is 75.0 Å². The van der Waals surface area contributed by atoms with Crippen LogP contribution in [0.15, 0.2) is 122 Å². The highest BCUT2D eigenvalue weighted by molar-refractivity contribution is 5.90. The minimum atomic E-state index is -1.52. The molecule has 9 rings (SSSR count). The number of aromatic nitrogens is 4. The molecule has 1 aliphatic rings. The Labute approximate surface area is 330 Å². The molecule has 292 valence electrons. The number of rotatable bonds is 12. The summed E-state index contributed by atoms with van der Waals surface area (Å²) >= 11 is 0. The molecule has 4 atom stereocenters. The van der Waals surface area contributed by atoms with E-state index < -0.39 is 48.5 Å². The fourth-order valence-electron chi connectivity index (χ4n) is 7.72. The van der Waals surface area contributed by atoms with E-state index in [2.05, 4.69) is 19.9 Å². The van der Waals surface area contributed by atoms with E-state index in [9.17, 15) is 19.2 Å². The Hall–Kier alpha value is -7.12. The Balaban J connectivity index is 1.01. The second-order valence-corrected chi connectivity index (χ2v) is 14.3. The Morgan fingerprint density at radius 3 is 1.17 bits per heavy atom. The number of esters is 4. The van der Waals surface area contributed by atoms with Gasteiger partial charge in [-0.2, -0.15) is 0 Å². The summed E-state index contributed by atoms with van der Waals surface area (Å²) in [7, 11) is 0. The number of hydrogen-bond donors (Lipinski definition) is 4. The van der Waals surface area contributed by atoms with Crippen LogP contribution in [0.25, 0.3) is 43.6 Å². The maximum Gasteiger partial charge on any atom is 0.312 e. The molecule has 13 nitrogen and oxygen atoms in total. The number of hydrogen-bond acceptors (Lipinski definition) is 9. The normalized spacial score (nSPS) is 18.1. The molecule has 13 heteroatoms. The highest BCUT2D eigenvalue weighted by atomic mass is 16.7. The summed E-state index contributed by atoms with van der Waals surface area (Å²) in [6.45, 7) is -0.327. The summed E-state index contributed by atoms with van der Waals surface area (Å²) in [4.78, 5) is 67.6. The number of ether oxygens (including phenoxy) is 5. The summed E-state index contributed by atoms with van der Waals surface area (Å²) in [5.74, 6) is -2.70. The summed E-state index contributed by atoms with van der Waals surface area (Å²) in [6, 6.07) is 30.1. The molecule has 4 aromatic heterocycles. The topological polar surface area (TPSA) is 178 Å². The van der Waals surface area contributed by atoms with Crippen molar-refractivity contribution >= 4 is 67.5 Å². The molecule has 0 saturated carbocycles. The summed E-state index contributed by atoms with van der Waals surface area (Å²) < 4.78 is 30.2. The van der Waals surface area contributed by atoms with Crippen molar-refractivity contribution in [2.45, 2.75) is 50.3 Å². The zero-order chi connectivity index (χ0) is 39.6. The van der Waals surface area contributed by atoms with Crippen molar-refractivity contribution in [3.8, 4) is 0 Å². The van der Waals surface area contributed by atoms with Gasteiger partial charge in [-0.15, -0.1) is 0 Å². The third-order valence-corrected chi connectivity index (χ3v) is 10.5. The van der Waals surface area contributed by atoms with E-state index in [1.165, 1.54) is 0 Å². The smallest absolute Gasteiger partial charge is 0.312 e. The lowest BCUT2D eigenvalue weighted by atomic mass is 10.0. The molecule has 0 spiro atoms. The van der Waals surface area contributed by atoms with Gasteiger partial charge in [0.05, 0.1) is 32.3 Å². The molecule has 1 aliphatic heterocycles. The molecule has 4 aromatic carbocycles. The van der Waals surface area contributed by atoms with Crippen LogP contribution < -0.4 is 0 Å². The standard InChI is InChI=1S/C45H38N4O9/c50-39(17-26-21-46-34-13-5-1-9-30(26)34)55-38-25-54-45(58-42(53)20-29-24-49-37-16-8-4-12-33(29)37)44(57-41(52)19-28-23-48-36-15-7-3-11-32(28)36)43(38)56-40(51)18-27-22-47-35-14-6-2-10-31(27)35/h1-16,21-24,38,43-49H,17-20,25H2/t38-,43-,44+,45+/m0/s1. The van der Waals surface area contributed by atoms with E-state index >= 15 is 0 Å². The molecule has 58 heavy (non-hydrogen) atoms. The average molecular weight is 779 g/mol. The molecule has 0 radical (unpaired) electrons. The van der Waals surface area contributed by atoms with Crippen molar-refractivity contribution in [1.29, 1.82) is 0 Å². The third kappa shape index (κ3) is 7.54. The zero-order valence-electron chi connectivity index (χ0n) is 31.1. The third-order valence-electron chi connectivity index (χ3n) is 10.5. The van der Waals surface area contributed by atoms with Gasteiger partial charge in [0, 0.05) is 68.4 Å². The Morgan fingerprint density at radius 2 is 0.776 bits per heavy atom. The van der Waals surface area contributed by atoms with Crippen LogP contribution in [0.2, 0.25) is 0 Å². The summed E-state index contributed by atoms with van der Waals surface area (Å²) in [5.41, 5.74) is 6.12.